The van der Waals surface area contributed by atoms with Gasteiger partial charge in [0.15, 0.2) is 5.11 Å². The van der Waals surface area contributed by atoms with Gasteiger partial charge in [-0.15, -0.1) is 0 Å². The van der Waals surface area contributed by atoms with Crippen molar-refractivity contribution in [1.82, 2.24) is 19.8 Å². The molecule has 2 aromatic carbocycles. The number of anilines is 1. The monoisotopic (exact) mass is 529 g/mol. The quantitative estimate of drug-likeness (QED) is 0.191. The van der Waals surface area contributed by atoms with E-state index < -0.39 is 0 Å². The molecule has 0 amide bonds. The van der Waals surface area contributed by atoms with Crippen LogP contribution in [0.25, 0.3) is 5.69 Å². The molecule has 1 fully saturated rings. The average molecular weight is 530 g/mol. The van der Waals surface area contributed by atoms with Gasteiger partial charge in [0, 0.05) is 52.6 Å². The number of nitrogens with zero attached hydrogens (tertiary/aromatic N) is 3. The summed E-state index contributed by atoms with van der Waals surface area (Å²) in [5.74, 6) is 0. The second kappa shape index (κ2) is 11.0. The Morgan fingerprint density at radius 3 is 2.49 bits per heavy atom. The van der Waals surface area contributed by atoms with Gasteiger partial charge in [0.05, 0.1) is 17.8 Å². The highest BCUT2D eigenvalue weighted by Crippen LogP contribution is 2.43. The van der Waals surface area contributed by atoms with E-state index in [-0.39, 0.29) is 12.1 Å². The van der Waals surface area contributed by atoms with Crippen LogP contribution < -0.4 is 10.6 Å². The summed E-state index contributed by atoms with van der Waals surface area (Å²) in [6.07, 6.45) is 2.81. The van der Waals surface area contributed by atoms with E-state index in [2.05, 4.69) is 65.1 Å². The number of hydrogen-bond donors (Lipinski definition) is 2. The van der Waals surface area contributed by atoms with Gasteiger partial charge in [0.1, 0.15) is 0 Å². The highest BCUT2D eigenvalue weighted by molar-refractivity contribution is 7.80. The maximum absolute atomic E-state index is 6.37. The summed E-state index contributed by atoms with van der Waals surface area (Å²) >= 11 is 12.3. The first-order valence-corrected chi connectivity index (χ1v) is 13.5. The third-order valence-corrected chi connectivity index (χ3v) is 7.83. The van der Waals surface area contributed by atoms with Gasteiger partial charge in [-0.2, -0.15) is 0 Å². The zero-order valence-corrected chi connectivity index (χ0v) is 23.0. The SMILES string of the molecule is Cc1c(C2C(c3ccccn3)NC(=S)N2CCCNc2ccccc2)c(C)n(-c2cccc(Cl)c2)c1C. The summed E-state index contributed by atoms with van der Waals surface area (Å²) in [6.45, 7) is 8.29. The Morgan fingerprint density at radius 2 is 1.76 bits per heavy atom. The molecule has 4 aromatic rings. The topological polar surface area (TPSA) is 45.1 Å². The fourth-order valence-corrected chi connectivity index (χ4v) is 5.96. The second-order valence-electron chi connectivity index (χ2n) is 9.49. The lowest BCUT2D eigenvalue weighted by atomic mass is 9.93. The molecule has 2 atom stereocenters. The molecule has 2 aromatic heterocycles. The third kappa shape index (κ3) is 5.09. The fourth-order valence-electron chi connectivity index (χ4n) is 5.44. The van der Waals surface area contributed by atoms with Crippen molar-refractivity contribution in [2.24, 2.45) is 0 Å². The minimum absolute atomic E-state index is 0.0262. The van der Waals surface area contributed by atoms with E-state index in [4.69, 9.17) is 28.8 Å². The van der Waals surface area contributed by atoms with Crippen LogP contribution in [0.5, 0.6) is 0 Å². The Kier molecular flexibility index (Phi) is 7.49. The summed E-state index contributed by atoms with van der Waals surface area (Å²) in [5.41, 5.74) is 8.15. The lowest BCUT2D eigenvalue weighted by Gasteiger charge is -2.29. The van der Waals surface area contributed by atoms with Crippen LogP contribution in [0.3, 0.4) is 0 Å². The van der Waals surface area contributed by atoms with Crippen molar-refractivity contribution >= 4 is 34.6 Å². The number of hydrogen-bond acceptors (Lipinski definition) is 3. The summed E-state index contributed by atoms with van der Waals surface area (Å²) in [7, 11) is 0. The molecular weight excluding hydrogens is 498 g/mol. The summed E-state index contributed by atoms with van der Waals surface area (Å²) in [4.78, 5) is 7.06. The highest BCUT2D eigenvalue weighted by Gasteiger charge is 2.42. The van der Waals surface area contributed by atoms with Gasteiger partial charge in [-0.1, -0.05) is 41.9 Å². The molecule has 0 bridgehead atoms. The molecule has 2 unspecified atom stereocenters. The molecule has 37 heavy (non-hydrogen) atoms. The molecule has 3 heterocycles. The summed E-state index contributed by atoms with van der Waals surface area (Å²) in [6, 6.07) is 24.4. The van der Waals surface area contributed by atoms with E-state index in [1.54, 1.807) is 0 Å². The molecule has 0 saturated carbocycles. The average Bonchev–Trinajstić information content (AvgIpc) is 3.34. The molecule has 1 aliphatic heterocycles. The number of para-hydroxylation sites is 1. The van der Waals surface area contributed by atoms with Crippen molar-refractivity contribution in [1.29, 1.82) is 0 Å². The molecule has 0 spiro atoms. The van der Waals surface area contributed by atoms with Crippen LogP contribution in [0, 0.1) is 20.8 Å². The zero-order valence-electron chi connectivity index (χ0n) is 21.4. The zero-order chi connectivity index (χ0) is 25.9. The van der Waals surface area contributed by atoms with Crippen molar-refractivity contribution in [2.45, 2.75) is 39.3 Å². The summed E-state index contributed by atoms with van der Waals surface area (Å²) in [5, 5.41) is 8.63. The first-order valence-electron chi connectivity index (χ1n) is 12.7. The van der Waals surface area contributed by atoms with E-state index in [1.807, 2.05) is 54.7 Å². The van der Waals surface area contributed by atoms with Crippen molar-refractivity contribution in [3.05, 3.63) is 112 Å². The maximum Gasteiger partial charge on any atom is 0.170 e. The van der Waals surface area contributed by atoms with Crippen LogP contribution in [-0.2, 0) is 0 Å². The molecule has 5 rings (SSSR count). The number of aromatic nitrogens is 2. The Hall–Kier alpha value is -3.35. The number of pyridine rings is 1. The van der Waals surface area contributed by atoms with Crippen molar-refractivity contribution in [3.8, 4) is 5.69 Å². The van der Waals surface area contributed by atoms with Crippen LogP contribution in [0.1, 0.15) is 46.7 Å². The third-order valence-electron chi connectivity index (χ3n) is 7.25. The van der Waals surface area contributed by atoms with E-state index in [0.29, 0.717) is 0 Å². The molecule has 1 saturated heterocycles. The number of thiocarbonyl (C=S) groups is 1. The van der Waals surface area contributed by atoms with Crippen LogP contribution in [-0.4, -0.2) is 32.7 Å². The molecule has 5 nitrogen and oxygen atoms in total. The predicted molar refractivity (Wildman–Crippen MR) is 157 cm³/mol. The van der Waals surface area contributed by atoms with Gasteiger partial charge in [0.2, 0.25) is 0 Å². The van der Waals surface area contributed by atoms with Gasteiger partial charge >= 0.3 is 0 Å². The van der Waals surface area contributed by atoms with Crippen LogP contribution >= 0.6 is 23.8 Å². The number of halogens is 1. The molecule has 0 aliphatic carbocycles. The van der Waals surface area contributed by atoms with Gasteiger partial charge in [-0.3, -0.25) is 4.98 Å². The minimum Gasteiger partial charge on any atom is -0.385 e. The molecule has 1 aliphatic rings. The Bertz CT molecular complexity index is 1390. The van der Waals surface area contributed by atoms with Crippen LogP contribution in [0.15, 0.2) is 79.0 Å². The predicted octanol–water partition coefficient (Wildman–Crippen LogP) is 6.93. The molecular formula is C30H32ClN5S. The van der Waals surface area contributed by atoms with Crippen molar-refractivity contribution in [3.63, 3.8) is 0 Å². The fraction of sp³-hybridized carbons (Fsp3) is 0.267. The van der Waals surface area contributed by atoms with Crippen LogP contribution in [0.2, 0.25) is 5.02 Å². The van der Waals surface area contributed by atoms with Gasteiger partial charge < -0.3 is 20.1 Å². The van der Waals surface area contributed by atoms with Gasteiger partial charge in [-0.05, 0) is 87.4 Å². The lowest BCUT2D eigenvalue weighted by Crippen LogP contribution is -2.32. The number of benzene rings is 2. The number of nitrogens with one attached hydrogen (secondary N) is 2. The van der Waals surface area contributed by atoms with Gasteiger partial charge in [-0.25, -0.2) is 0 Å². The van der Waals surface area contributed by atoms with Gasteiger partial charge in [0.25, 0.3) is 0 Å². The molecule has 190 valence electrons. The maximum atomic E-state index is 6.37. The standard InChI is InChI=1S/C30H32ClN5S/c1-20-21(2)36(25-14-9-11-23(31)19-25)22(3)27(20)29-28(26-15-7-8-16-33-26)34-30(37)35(29)18-10-17-32-24-12-5-4-6-13-24/h4-9,11-16,19,28-29,32H,10,17-18H2,1-3H3,(H,34,37). The molecule has 2 N–H and O–H groups in total. The number of rotatable bonds is 8. The smallest absolute Gasteiger partial charge is 0.170 e. The van der Waals surface area contributed by atoms with E-state index >= 15 is 0 Å². The Morgan fingerprint density at radius 1 is 0.973 bits per heavy atom. The van der Waals surface area contributed by atoms with Crippen molar-refractivity contribution < 1.29 is 0 Å². The minimum atomic E-state index is -0.0391. The second-order valence-corrected chi connectivity index (χ2v) is 10.3. The summed E-state index contributed by atoms with van der Waals surface area (Å²) < 4.78 is 2.31. The Balaban J connectivity index is 1.50. The van der Waals surface area contributed by atoms with E-state index in [1.165, 1.54) is 22.5 Å². The molecule has 7 heteroatoms. The normalized spacial score (nSPS) is 17.2. The highest BCUT2D eigenvalue weighted by atomic mass is 35.5. The molecule has 0 radical (unpaired) electrons. The Labute approximate surface area is 229 Å². The lowest BCUT2D eigenvalue weighted by molar-refractivity contribution is 0.314. The van der Waals surface area contributed by atoms with E-state index in [0.717, 1.165) is 46.7 Å². The largest absolute Gasteiger partial charge is 0.385 e. The first kappa shape index (κ1) is 25.3. The van der Waals surface area contributed by atoms with E-state index in [9.17, 15) is 0 Å². The van der Waals surface area contributed by atoms with Crippen LogP contribution in [0.4, 0.5) is 5.69 Å². The first-order chi connectivity index (χ1) is 18.0. The van der Waals surface area contributed by atoms with Crippen molar-refractivity contribution in [2.75, 3.05) is 18.4 Å².